The lowest BCUT2D eigenvalue weighted by molar-refractivity contribution is 0.626. The molecular weight excluding hydrogens is 316 g/mol. The first kappa shape index (κ1) is 13.5. The molecule has 0 spiro atoms. The van der Waals surface area contributed by atoms with Gasteiger partial charge in [-0.3, -0.25) is 0 Å². The summed E-state index contributed by atoms with van der Waals surface area (Å²) in [6.45, 7) is 6.03. The zero-order valence-electron chi connectivity index (χ0n) is 11.6. The van der Waals surface area contributed by atoms with E-state index in [1.54, 1.807) is 0 Å². The highest BCUT2D eigenvalue weighted by Crippen LogP contribution is 2.27. The van der Waals surface area contributed by atoms with Gasteiger partial charge in [-0.2, -0.15) is 0 Å². The van der Waals surface area contributed by atoms with Crippen molar-refractivity contribution in [1.82, 2.24) is 15.3 Å². The number of fused-ring (bicyclic) bond motifs is 1. The maximum absolute atomic E-state index is 4.51. The van der Waals surface area contributed by atoms with Gasteiger partial charge in [-0.25, -0.2) is 9.97 Å². The lowest BCUT2D eigenvalue weighted by Gasteiger charge is -2.20. The smallest absolute Gasteiger partial charge is 0.198 e. The van der Waals surface area contributed by atoms with Gasteiger partial charge in [0.05, 0.1) is 5.69 Å². The number of benzene rings is 1. The highest BCUT2D eigenvalue weighted by molar-refractivity contribution is 9.10. The Kier molecular flexibility index (Phi) is 3.72. The average molecular weight is 333 g/mol. The van der Waals surface area contributed by atoms with Crippen molar-refractivity contribution in [2.75, 3.05) is 11.9 Å². The number of nitrogens with zero attached hydrogens (tertiary/aromatic N) is 2. The van der Waals surface area contributed by atoms with Crippen LogP contribution in [-0.4, -0.2) is 16.5 Å². The minimum Gasteiger partial charge on any atom is -0.340 e. The highest BCUT2D eigenvalue weighted by atomic mass is 79.9. The standard InChI is InChI=1S/C15H17BrN4/c1-9-4-3-5-12(10(9)2)18-14-11-8-17-7-6-13(11)19-15(16)20-14/h3-5,17H,6-8H2,1-2H3,(H,18,19,20). The Morgan fingerprint density at radius 2 is 2.10 bits per heavy atom. The summed E-state index contributed by atoms with van der Waals surface area (Å²) in [4.78, 5) is 8.99. The third kappa shape index (κ3) is 2.55. The Morgan fingerprint density at radius 3 is 2.95 bits per heavy atom. The molecule has 0 saturated heterocycles. The Labute approximate surface area is 127 Å². The molecule has 5 heteroatoms. The number of aromatic nitrogens is 2. The monoisotopic (exact) mass is 332 g/mol. The van der Waals surface area contributed by atoms with Crippen molar-refractivity contribution in [3.8, 4) is 0 Å². The molecule has 20 heavy (non-hydrogen) atoms. The summed E-state index contributed by atoms with van der Waals surface area (Å²) in [5.74, 6) is 0.891. The van der Waals surface area contributed by atoms with Gasteiger partial charge >= 0.3 is 0 Å². The van der Waals surface area contributed by atoms with E-state index < -0.39 is 0 Å². The molecule has 0 aliphatic carbocycles. The second kappa shape index (κ2) is 5.50. The van der Waals surface area contributed by atoms with Crippen LogP contribution in [0.15, 0.2) is 22.9 Å². The largest absolute Gasteiger partial charge is 0.340 e. The number of rotatable bonds is 2. The van der Waals surface area contributed by atoms with Crippen LogP contribution in [0.3, 0.4) is 0 Å². The number of nitrogens with one attached hydrogen (secondary N) is 2. The second-order valence-corrected chi connectivity index (χ2v) is 5.78. The van der Waals surface area contributed by atoms with Crippen molar-refractivity contribution in [2.24, 2.45) is 0 Å². The van der Waals surface area contributed by atoms with E-state index in [9.17, 15) is 0 Å². The molecule has 1 aliphatic heterocycles. The third-order valence-corrected chi connectivity index (χ3v) is 4.12. The van der Waals surface area contributed by atoms with Crippen LogP contribution in [0.2, 0.25) is 0 Å². The molecule has 2 N–H and O–H groups in total. The minimum atomic E-state index is 0.644. The van der Waals surface area contributed by atoms with Crippen LogP contribution in [-0.2, 0) is 13.0 Å². The lowest BCUT2D eigenvalue weighted by atomic mass is 10.1. The summed E-state index contributed by atoms with van der Waals surface area (Å²) in [5, 5.41) is 6.84. The molecule has 0 atom stereocenters. The molecule has 1 aliphatic rings. The molecule has 2 heterocycles. The van der Waals surface area contributed by atoms with Crippen molar-refractivity contribution in [3.05, 3.63) is 45.3 Å². The molecule has 4 nitrogen and oxygen atoms in total. The van der Waals surface area contributed by atoms with E-state index in [1.807, 2.05) is 0 Å². The van der Waals surface area contributed by atoms with Crippen LogP contribution in [0.25, 0.3) is 0 Å². The van der Waals surface area contributed by atoms with E-state index in [0.29, 0.717) is 4.73 Å². The second-order valence-electron chi connectivity index (χ2n) is 5.07. The Morgan fingerprint density at radius 1 is 1.25 bits per heavy atom. The summed E-state index contributed by atoms with van der Waals surface area (Å²) in [6, 6.07) is 6.26. The highest BCUT2D eigenvalue weighted by Gasteiger charge is 2.17. The van der Waals surface area contributed by atoms with E-state index in [0.717, 1.165) is 36.7 Å². The molecule has 3 rings (SSSR count). The topological polar surface area (TPSA) is 49.8 Å². The number of halogens is 1. The Bertz CT molecular complexity index is 655. The molecule has 0 unspecified atom stereocenters. The molecule has 0 bridgehead atoms. The van der Waals surface area contributed by atoms with Crippen LogP contribution in [0.1, 0.15) is 22.4 Å². The van der Waals surface area contributed by atoms with Crippen LogP contribution in [0, 0.1) is 13.8 Å². The minimum absolute atomic E-state index is 0.644. The predicted octanol–water partition coefficient (Wildman–Crippen LogP) is 3.25. The summed E-state index contributed by atoms with van der Waals surface area (Å²) in [6.07, 6.45) is 0.942. The summed E-state index contributed by atoms with van der Waals surface area (Å²) >= 11 is 3.40. The number of anilines is 2. The number of aryl methyl sites for hydroxylation is 1. The van der Waals surface area contributed by atoms with Gasteiger partial charge in [0.15, 0.2) is 4.73 Å². The Hall–Kier alpha value is -1.46. The molecule has 1 aromatic carbocycles. The molecule has 1 aromatic heterocycles. The van der Waals surface area contributed by atoms with Gasteiger partial charge in [-0.15, -0.1) is 0 Å². The maximum atomic E-state index is 4.51. The zero-order valence-corrected chi connectivity index (χ0v) is 13.2. The van der Waals surface area contributed by atoms with Crippen molar-refractivity contribution < 1.29 is 0 Å². The fourth-order valence-electron chi connectivity index (χ4n) is 2.43. The molecule has 0 amide bonds. The molecule has 0 radical (unpaired) electrons. The van der Waals surface area contributed by atoms with Gasteiger partial charge in [0.2, 0.25) is 0 Å². The predicted molar refractivity (Wildman–Crippen MR) is 84.3 cm³/mol. The van der Waals surface area contributed by atoms with Gasteiger partial charge in [-0.05, 0) is 47.0 Å². The molecule has 0 fully saturated rings. The van der Waals surface area contributed by atoms with Crippen LogP contribution in [0.4, 0.5) is 11.5 Å². The summed E-state index contributed by atoms with van der Waals surface area (Å²) in [7, 11) is 0. The lowest BCUT2D eigenvalue weighted by Crippen LogP contribution is -2.26. The zero-order chi connectivity index (χ0) is 14.1. The number of hydrogen-bond acceptors (Lipinski definition) is 4. The van der Waals surface area contributed by atoms with Crippen molar-refractivity contribution >= 4 is 27.4 Å². The normalized spacial score (nSPS) is 13.9. The average Bonchev–Trinajstić information content (AvgIpc) is 2.43. The van der Waals surface area contributed by atoms with Crippen LogP contribution in [0.5, 0.6) is 0 Å². The van der Waals surface area contributed by atoms with Crippen LogP contribution >= 0.6 is 15.9 Å². The fraction of sp³-hybridized carbons (Fsp3) is 0.333. The van der Waals surface area contributed by atoms with E-state index in [2.05, 4.69) is 68.6 Å². The van der Waals surface area contributed by atoms with Gasteiger partial charge in [-0.1, -0.05) is 12.1 Å². The molecule has 2 aromatic rings. The first-order chi connectivity index (χ1) is 9.65. The first-order valence-electron chi connectivity index (χ1n) is 6.74. The van der Waals surface area contributed by atoms with Crippen molar-refractivity contribution in [1.29, 1.82) is 0 Å². The third-order valence-electron chi connectivity index (χ3n) is 3.76. The maximum Gasteiger partial charge on any atom is 0.198 e. The van der Waals surface area contributed by atoms with Gasteiger partial charge in [0.25, 0.3) is 0 Å². The molecule has 104 valence electrons. The number of hydrogen-bond donors (Lipinski definition) is 2. The van der Waals surface area contributed by atoms with Crippen LogP contribution < -0.4 is 10.6 Å². The first-order valence-corrected chi connectivity index (χ1v) is 7.53. The summed E-state index contributed by atoms with van der Waals surface area (Å²) in [5.41, 5.74) is 5.91. The van der Waals surface area contributed by atoms with E-state index in [1.165, 1.54) is 16.7 Å². The Balaban J connectivity index is 2.02. The quantitative estimate of drug-likeness (QED) is 0.829. The van der Waals surface area contributed by atoms with Gasteiger partial charge in [0.1, 0.15) is 5.82 Å². The SMILES string of the molecule is Cc1cccc(Nc2nc(Br)nc3c2CNCC3)c1C. The van der Waals surface area contributed by atoms with E-state index in [-0.39, 0.29) is 0 Å². The van der Waals surface area contributed by atoms with Crippen molar-refractivity contribution in [2.45, 2.75) is 26.8 Å². The van der Waals surface area contributed by atoms with Crippen molar-refractivity contribution in [3.63, 3.8) is 0 Å². The van der Waals surface area contributed by atoms with Gasteiger partial charge < -0.3 is 10.6 Å². The molecule has 0 saturated carbocycles. The fourth-order valence-corrected chi connectivity index (χ4v) is 2.82. The van der Waals surface area contributed by atoms with E-state index >= 15 is 0 Å². The summed E-state index contributed by atoms with van der Waals surface area (Å²) < 4.78 is 0.644. The van der Waals surface area contributed by atoms with E-state index in [4.69, 9.17) is 0 Å². The van der Waals surface area contributed by atoms with Gasteiger partial charge in [0, 0.05) is 30.8 Å². The molecular formula is C15H17BrN4.